The van der Waals surface area contributed by atoms with E-state index in [0.717, 1.165) is 30.6 Å². The monoisotopic (exact) mass is 392 g/mol. The first kappa shape index (κ1) is 21.4. The predicted molar refractivity (Wildman–Crippen MR) is 99.0 cm³/mol. The third kappa shape index (κ3) is 6.61. The lowest BCUT2D eigenvalue weighted by Gasteiger charge is -2.39. The van der Waals surface area contributed by atoms with Gasteiger partial charge in [-0.05, 0) is 61.7 Å². The number of alkyl halides is 4. The van der Waals surface area contributed by atoms with Crippen molar-refractivity contribution in [2.75, 3.05) is 0 Å². The predicted octanol–water partition coefficient (Wildman–Crippen LogP) is 7.44. The number of ether oxygens (including phenoxy) is 1. The van der Waals surface area contributed by atoms with Crippen molar-refractivity contribution in [3.05, 3.63) is 0 Å². The fraction of sp³-hybridized carbons (Fsp3) is 1.00. The molecule has 0 aliphatic heterocycles. The summed E-state index contributed by atoms with van der Waals surface area (Å²) in [6, 6.07) is 0. The van der Waals surface area contributed by atoms with Crippen LogP contribution in [0, 0.1) is 29.6 Å². The highest BCUT2D eigenvalue weighted by Crippen LogP contribution is 2.43. The van der Waals surface area contributed by atoms with Gasteiger partial charge in [0.05, 0.1) is 6.10 Å². The van der Waals surface area contributed by atoms with Gasteiger partial charge >= 0.3 is 6.36 Å². The van der Waals surface area contributed by atoms with Crippen LogP contribution in [0.25, 0.3) is 0 Å². The standard InChI is InChI=1S/C22H36F4O/c1-15-2-4-16(5-3-15)6-7-17-8-10-18(11-9-17)19-12-13-21(20(23)14-19)27-22(24,25)26/h15-21H,2-14H2,1H3. The molecule has 3 atom stereocenters. The van der Waals surface area contributed by atoms with Gasteiger partial charge in [0.1, 0.15) is 6.17 Å². The van der Waals surface area contributed by atoms with E-state index in [1.165, 1.54) is 51.4 Å². The van der Waals surface area contributed by atoms with E-state index in [0.29, 0.717) is 12.3 Å². The maximum absolute atomic E-state index is 14.2. The maximum Gasteiger partial charge on any atom is 0.522 e. The molecular formula is C22H36F4O. The van der Waals surface area contributed by atoms with Crippen molar-refractivity contribution in [2.45, 2.75) is 109 Å². The lowest BCUT2D eigenvalue weighted by molar-refractivity contribution is -0.352. The molecule has 0 saturated heterocycles. The van der Waals surface area contributed by atoms with Crippen LogP contribution in [0.4, 0.5) is 17.6 Å². The third-order valence-corrected chi connectivity index (χ3v) is 7.71. The fourth-order valence-electron chi connectivity index (χ4n) is 5.89. The molecule has 0 aromatic carbocycles. The SMILES string of the molecule is CC1CCC(CCC2CCC(C3CCC(OC(F)(F)F)C(F)C3)CC2)CC1. The van der Waals surface area contributed by atoms with Gasteiger partial charge in [0.15, 0.2) is 0 Å². The number of rotatable bonds is 5. The minimum atomic E-state index is -4.73. The zero-order valence-electron chi connectivity index (χ0n) is 16.7. The van der Waals surface area contributed by atoms with E-state index in [9.17, 15) is 17.6 Å². The Bertz CT molecular complexity index is 436. The Labute approximate surface area is 161 Å². The molecule has 0 amide bonds. The Balaban J connectivity index is 1.35. The fourth-order valence-corrected chi connectivity index (χ4v) is 5.89. The molecule has 0 radical (unpaired) electrons. The number of hydrogen-bond donors (Lipinski definition) is 0. The van der Waals surface area contributed by atoms with Crippen LogP contribution >= 0.6 is 0 Å². The van der Waals surface area contributed by atoms with Crippen molar-refractivity contribution in [1.29, 1.82) is 0 Å². The third-order valence-electron chi connectivity index (χ3n) is 7.71. The normalized spacial score (nSPS) is 41.4. The summed E-state index contributed by atoms with van der Waals surface area (Å²) < 4.78 is 55.2. The van der Waals surface area contributed by atoms with Gasteiger partial charge in [0, 0.05) is 0 Å². The van der Waals surface area contributed by atoms with Crippen LogP contribution in [0.2, 0.25) is 0 Å². The molecule has 0 spiro atoms. The van der Waals surface area contributed by atoms with Crippen LogP contribution in [0.5, 0.6) is 0 Å². The Hall–Kier alpha value is -0.320. The molecule has 27 heavy (non-hydrogen) atoms. The molecule has 3 aliphatic carbocycles. The van der Waals surface area contributed by atoms with Crippen LogP contribution in [-0.2, 0) is 4.74 Å². The molecule has 0 aromatic rings. The van der Waals surface area contributed by atoms with E-state index in [2.05, 4.69) is 11.7 Å². The van der Waals surface area contributed by atoms with E-state index in [1.807, 2.05) is 0 Å². The Kier molecular flexibility index (Phi) is 7.49. The highest BCUT2D eigenvalue weighted by atomic mass is 19.4. The molecule has 158 valence electrons. The highest BCUT2D eigenvalue weighted by Gasteiger charge is 2.42. The second-order valence-electron chi connectivity index (χ2n) is 9.68. The lowest BCUT2D eigenvalue weighted by Crippen LogP contribution is -2.39. The van der Waals surface area contributed by atoms with Crippen LogP contribution in [0.1, 0.15) is 90.4 Å². The van der Waals surface area contributed by atoms with E-state index >= 15 is 0 Å². The average molecular weight is 393 g/mol. The van der Waals surface area contributed by atoms with E-state index in [1.54, 1.807) is 0 Å². The van der Waals surface area contributed by atoms with Crippen molar-refractivity contribution in [3.63, 3.8) is 0 Å². The molecule has 3 unspecified atom stereocenters. The zero-order valence-corrected chi connectivity index (χ0v) is 16.7. The topological polar surface area (TPSA) is 9.23 Å². The summed E-state index contributed by atoms with van der Waals surface area (Å²) in [5.74, 6) is 3.39. The van der Waals surface area contributed by atoms with Gasteiger partial charge in [-0.25, -0.2) is 4.39 Å². The second-order valence-corrected chi connectivity index (χ2v) is 9.68. The summed E-state index contributed by atoms with van der Waals surface area (Å²) in [4.78, 5) is 0. The van der Waals surface area contributed by atoms with Crippen LogP contribution in [0.3, 0.4) is 0 Å². The van der Waals surface area contributed by atoms with Crippen molar-refractivity contribution in [3.8, 4) is 0 Å². The first-order valence-corrected chi connectivity index (χ1v) is 11.2. The van der Waals surface area contributed by atoms with Crippen molar-refractivity contribution >= 4 is 0 Å². The van der Waals surface area contributed by atoms with Crippen LogP contribution in [0.15, 0.2) is 0 Å². The molecule has 0 N–H and O–H groups in total. The Morgan fingerprint density at radius 1 is 0.741 bits per heavy atom. The summed E-state index contributed by atoms with van der Waals surface area (Å²) in [5.41, 5.74) is 0. The smallest absolute Gasteiger partial charge is 0.286 e. The first-order chi connectivity index (χ1) is 12.8. The van der Waals surface area contributed by atoms with Gasteiger partial charge in [0.2, 0.25) is 0 Å². The van der Waals surface area contributed by atoms with Gasteiger partial charge < -0.3 is 0 Å². The lowest BCUT2D eigenvalue weighted by atomic mass is 9.69. The molecule has 3 saturated carbocycles. The van der Waals surface area contributed by atoms with E-state index < -0.39 is 18.6 Å². The van der Waals surface area contributed by atoms with Crippen molar-refractivity contribution in [2.24, 2.45) is 29.6 Å². The van der Waals surface area contributed by atoms with Gasteiger partial charge in [-0.2, -0.15) is 0 Å². The van der Waals surface area contributed by atoms with E-state index in [4.69, 9.17) is 0 Å². The summed E-state index contributed by atoms with van der Waals surface area (Å²) >= 11 is 0. The summed E-state index contributed by atoms with van der Waals surface area (Å²) in [6.45, 7) is 2.36. The molecule has 3 fully saturated rings. The molecule has 0 aromatic heterocycles. The second kappa shape index (κ2) is 9.45. The van der Waals surface area contributed by atoms with Gasteiger partial charge in [0.25, 0.3) is 0 Å². The summed E-state index contributed by atoms with van der Waals surface area (Å²) in [6.07, 6.45) is 6.64. The minimum Gasteiger partial charge on any atom is -0.286 e. The number of hydrogen-bond acceptors (Lipinski definition) is 1. The van der Waals surface area contributed by atoms with Gasteiger partial charge in [-0.3, -0.25) is 4.74 Å². The van der Waals surface area contributed by atoms with Gasteiger partial charge in [-0.15, -0.1) is 13.2 Å². The molecule has 1 nitrogen and oxygen atoms in total. The summed E-state index contributed by atoms with van der Waals surface area (Å²) in [5, 5.41) is 0. The number of halogens is 4. The average Bonchev–Trinajstić information content (AvgIpc) is 2.62. The van der Waals surface area contributed by atoms with Crippen LogP contribution < -0.4 is 0 Å². The van der Waals surface area contributed by atoms with Crippen molar-refractivity contribution < 1.29 is 22.3 Å². The van der Waals surface area contributed by atoms with Crippen molar-refractivity contribution in [1.82, 2.24) is 0 Å². The Morgan fingerprint density at radius 3 is 1.78 bits per heavy atom. The molecule has 0 bridgehead atoms. The Morgan fingerprint density at radius 2 is 1.26 bits per heavy atom. The molecule has 5 heteroatoms. The first-order valence-electron chi connectivity index (χ1n) is 11.2. The molecular weight excluding hydrogens is 356 g/mol. The highest BCUT2D eigenvalue weighted by molar-refractivity contribution is 4.87. The summed E-state index contributed by atoms with van der Waals surface area (Å²) in [7, 11) is 0. The minimum absolute atomic E-state index is 0.200. The maximum atomic E-state index is 14.2. The van der Waals surface area contributed by atoms with Gasteiger partial charge in [-0.1, -0.05) is 58.3 Å². The zero-order chi connectivity index (χ0) is 19.4. The quantitative estimate of drug-likeness (QED) is 0.442. The van der Waals surface area contributed by atoms with E-state index in [-0.39, 0.29) is 18.8 Å². The molecule has 3 aliphatic rings. The largest absolute Gasteiger partial charge is 0.522 e. The molecule has 3 rings (SSSR count). The molecule has 0 heterocycles. The van der Waals surface area contributed by atoms with Crippen LogP contribution in [-0.4, -0.2) is 18.6 Å².